The number of carbonyl (C=O) groups excluding carboxylic acids is 1. The summed E-state index contributed by atoms with van der Waals surface area (Å²) in [5.74, 6) is 0.191. The normalized spacial score (nSPS) is 15.1. The predicted octanol–water partition coefficient (Wildman–Crippen LogP) is 1.94. The van der Waals surface area contributed by atoms with E-state index >= 15 is 0 Å². The molecular formula is C12H15NO2. The molecule has 3 heteroatoms. The third-order valence-electron chi connectivity index (χ3n) is 2.95. The first kappa shape index (κ1) is 10.0. The van der Waals surface area contributed by atoms with Crippen molar-refractivity contribution in [2.75, 3.05) is 7.05 Å². The smallest absolute Gasteiger partial charge is 0.254 e. The minimum absolute atomic E-state index is 0.00546. The molecule has 0 atom stereocenters. The lowest BCUT2D eigenvalue weighted by molar-refractivity contribution is 0.0784. The highest BCUT2D eigenvalue weighted by Gasteiger charge is 2.30. The molecule has 80 valence electrons. The van der Waals surface area contributed by atoms with Crippen molar-refractivity contribution in [1.82, 2.24) is 4.90 Å². The summed E-state index contributed by atoms with van der Waals surface area (Å²) in [6, 6.07) is 5.47. The van der Waals surface area contributed by atoms with E-state index < -0.39 is 0 Å². The Kier molecular flexibility index (Phi) is 2.39. The number of phenolic OH excluding ortho intramolecular Hbond substituents is 1. The maximum atomic E-state index is 12.0. The van der Waals surface area contributed by atoms with Crippen LogP contribution in [0.3, 0.4) is 0 Å². The molecule has 1 amide bonds. The monoisotopic (exact) mass is 205 g/mol. The van der Waals surface area contributed by atoms with E-state index in [1.54, 1.807) is 30.0 Å². The molecule has 0 bridgehead atoms. The molecule has 1 N–H and O–H groups in total. The van der Waals surface area contributed by atoms with Crippen LogP contribution in [0.1, 0.15) is 28.8 Å². The molecule has 1 fully saturated rings. The Morgan fingerprint density at radius 1 is 1.47 bits per heavy atom. The number of hydrogen-bond donors (Lipinski definition) is 1. The van der Waals surface area contributed by atoms with Gasteiger partial charge >= 0.3 is 0 Å². The third-order valence-corrected chi connectivity index (χ3v) is 2.95. The van der Waals surface area contributed by atoms with Crippen LogP contribution < -0.4 is 0 Å². The molecule has 1 aliphatic carbocycles. The molecule has 0 aliphatic heterocycles. The van der Waals surface area contributed by atoms with Crippen molar-refractivity contribution >= 4 is 5.91 Å². The lowest BCUT2D eigenvalue weighted by atomic mass is 10.1. The summed E-state index contributed by atoms with van der Waals surface area (Å²) in [6.07, 6.45) is 2.19. The van der Waals surface area contributed by atoms with E-state index in [2.05, 4.69) is 0 Å². The van der Waals surface area contributed by atoms with E-state index in [9.17, 15) is 9.90 Å². The molecule has 1 aromatic carbocycles. The Balaban J connectivity index is 2.28. The number of hydrogen-bond acceptors (Lipinski definition) is 2. The molecule has 0 radical (unpaired) electrons. The Morgan fingerprint density at radius 3 is 2.73 bits per heavy atom. The number of carbonyl (C=O) groups is 1. The van der Waals surface area contributed by atoms with Crippen LogP contribution in [0.4, 0.5) is 0 Å². The fourth-order valence-electron chi connectivity index (χ4n) is 1.67. The molecule has 0 saturated heterocycles. The first-order chi connectivity index (χ1) is 7.11. The van der Waals surface area contributed by atoms with E-state index in [1.807, 2.05) is 7.05 Å². The highest BCUT2D eigenvalue weighted by Crippen LogP contribution is 2.28. The van der Waals surface area contributed by atoms with Crippen molar-refractivity contribution in [2.24, 2.45) is 0 Å². The van der Waals surface area contributed by atoms with E-state index in [0.717, 1.165) is 12.8 Å². The van der Waals surface area contributed by atoms with Crippen LogP contribution in [0.25, 0.3) is 0 Å². The zero-order chi connectivity index (χ0) is 11.0. The molecule has 2 rings (SSSR count). The second-order valence-electron chi connectivity index (χ2n) is 4.10. The highest BCUT2D eigenvalue weighted by molar-refractivity contribution is 5.96. The van der Waals surface area contributed by atoms with Gasteiger partial charge in [-0.1, -0.05) is 6.07 Å². The van der Waals surface area contributed by atoms with E-state index in [1.165, 1.54) is 0 Å². The average Bonchev–Trinajstić information content (AvgIpc) is 3.03. The summed E-state index contributed by atoms with van der Waals surface area (Å²) in [5, 5.41) is 9.51. The molecule has 15 heavy (non-hydrogen) atoms. The Labute approximate surface area is 89.3 Å². The SMILES string of the molecule is Cc1c(O)cccc1C(=O)N(C)C1CC1. The van der Waals surface area contributed by atoms with Gasteiger partial charge in [-0.25, -0.2) is 0 Å². The van der Waals surface area contributed by atoms with Gasteiger partial charge in [0.2, 0.25) is 0 Å². The zero-order valence-electron chi connectivity index (χ0n) is 9.03. The number of nitrogens with zero attached hydrogens (tertiary/aromatic N) is 1. The van der Waals surface area contributed by atoms with E-state index in [0.29, 0.717) is 17.2 Å². The van der Waals surface area contributed by atoms with Gasteiger partial charge in [-0.05, 0) is 31.9 Å². The van der Waals surface area contributed by atoms with Crippen LogP contribution in [0, 0.1) is 6.92 Å². The first-order valence-electron chi connectivity index (χ1n) is 5.17. The van der Waals surface area contributed by atoms with E-state index in [4.69, 9.17) is 0 Å². The van der Waals surface area contributed by atoms with Crippen LogP contribution in [0.2, 0.25) is 0 Å². The van der Waals surface area contributed by atoms with Crippen molar-refractivity contribution in [3.63, 3.8) is 0 Å². The molecule has 0 spiro atoms. The maximum absolute atomic E-state index is 12.0. The summed E-state index contributed by atoms with van der Waals surface area (Å²) >= 11 is 0. The van der Waals surface area contributed by atoms with Gasteiger partial charge in [-0.3, -0.25) is 4.79 Å². The lowest BCUT2D eigenvalue weighted by Crippen LogP contribution is -2.29. The second kappa shape index (κ2) is 3.57. The molecule has 3 nitrogen and oxygen atoms in total. The van der Waals surface area contributed by atoms with Gasteiger partial charge in [-0.15, -0.1) is 0 Å². The highest BCUT2D eigenvalue weighted by atomic mass is 16.3. The first-order valence-corrected chi connectivity index (χ1v) is 5.17. The summed E-state index contributed by atoms with van der Waals surface area (Å²) < 4.78 is 0. The molecule has 1 aliphatic rings. The number of amides is 1. The Bertz CT molecular complexity index is 397. The lowest BCUT2D eigenvalue weighted by Gasteiger charge is -2.17. The topological polar surface area (TPSA) is 40.5 Å². The van der Waals surface area contributed by atoms with Gasteiger partial charge < -0.3 is 10.0 Å². The number of aromatic hydroxyl groups is 1. The predicted molar refractivity (Wildman–Crippen MR) is 58.0 cm³/mol. The molecular weight excluding hydrogens is 190 g/mol. The van der Waals surface area contributed by atoms with Crippen LogP contribution in [0.5, 0.6) is 5.75 Å². The van der Waals surface area contributed by atoms with Crippen LogP contribution in [-0.4, -0.2) is 29.0 Å². The quantitative estimate of drug-likeness (QED) is 0.801. The van der Waals surface area contributed by atoms with Crippen LogP contribution in [0.15, 0.2) is 18.2 Å². The maximum Gasteiger partial charge on any atom is 0.254 e. The van der Waals surface area contributed by atoms with Crippen LogP contribution >= 0.6 is 0 Å². The average molecular weight is 205 g/mol. The largest absolute Gasteiger partial charge is 0.508 e. The minimum Gasteiger partial charge on any atom is -0.508 e. The molecule has 0 heterocycles. The third kappa shape index (κ3) is 1.82. The number of phenols is 1. The van der Waals surface area contributed by atoms with Crippen molar-refractivity contribution < 1.29 is 9.90 Å². The fourth-order valence-corrected chi connectivity index (χ4v) is 1.67. The molecule has 0 aromatic heterocycles. The molecule has 1 aromatic rings. The van der Waals surface area contributed by atoms with Gasteiger partial charge in [0.15, 0.2) is 0 Å². The van der Waals surface area contributed by atoms with Crippen molar-refractivity contribution in [3.05, 3.63) is 29.3 Å². The number of benzene rings is 1. The van der Waals surface area contributed by atoms with Gasteiger partial charge in [0.1, 0.15) is 5.75 Å². The zero-order valence-corrected chi connectivity index (χ0v) is 9.03. The summed E-state index contributed by atoms with van der Waals surface area (Å²) in [4.78, 5) is 13.8. The molecule has 1 saturated carbocycles. The number of rotatable bonds is 2. The van der Waals surface area contributed by atoms with Crippen molar-refractivity contribution in [1.29, 1.82) is 0 Å². The Morgan fingerprint density at radius 2 is 2.13 bits per heavy atom. The van der Waals surface area contributed by atoms with Gasteiger partial charge in [0, 0.05) is 24.2 Å². The van der Waals surface area contributed by atoms with Gasteiger partial charge in [0.05, 0.1) is 0 Å². The summed E-state index contributed by atoms with van der Waals surface area (Å²) in [6.45, 7) is 1.77. The summed E-state index contributed by atoms with van der Waals surface area (Å²) in [5.41, 5.74) is 1.26. The van der Waals surface area contributed by atoms with Gasteiger partial charge in [0.25, 0.3) is 5.91 Å². The summed E-state index contributed by atoms with van der Waals surface area (Å²) in [7, 11) is 1.82. The van der Waals surface area contributed by atoms with Crippen molar-refractivity contribution in [2.45, 2.75) is 25.8 Å². The van der Waals surface area contributed by atoms with Crippen molar-refractivity contribution in [3.8, 4) is 5.75 Å². The Hall–Kier alpha value is -1.51. The van der Waals surface area contributed by atoms with E-state index in [-0.39, 0.29) is 11.7 Å². The molecule has 0 unspecified atom stereocenters. The fraction of sp³-hybridized carbons (Fsp3) is 0.417. The minimum atomic E-state index is 0.00546. The standard InChI is InChI=1S/C12H15NO2/c1-8-10(4-3-5-11(8)14)12(15)13(2)9-6-7-9/h3-5,9,14H,6-7H2,1-2H3. The van der Waals surface area contributed by atoms with Crippen LogP contribution in [-0.2, 0) is 0 Å². The van der Waals surface area contributed by atoms with Gasteiger partial charge in [-0.2, -0.15) is 0 Å². The second-order valence-corrected chi connectivity index (χ2v) is 4.10.